The van der Waals surface area contributed by atoms with Gasteiger partial charge in [0.15, 0.2) is 0 Å². The predicted octanol–water partition coefficient (Wildman–Crippen LogP) is -1.42. The molecule has 3 rings (SSSR count). The molecule has 1 N–H and O–H groups in total. The molecule has 2 aliphatic heterocycles. The van der Waals surface area contributed by atoms with Crippen molar-refractivity contribution in [3.63, 3.8) is 0 Å². The summed E-state index contributed by atoms with van der Waals surface area (Å²) in [6, 6.07) is 0. The Kier molecular flexibility index (Phi) is 4.44. The first kappa shape index (κ1) is 16.7. The molecule has 0 spiro atoms. The number of amides is 2. The maximum atomic E-state index is 12.5. The zero-order valence-electron chi connectivity index (χ0n) is 14.0. The van der Waals surface area contributed by atoms with Crippen LogP contribution in [0.1, 0.15) is 12.8 Å². The fraction of sp³-hybridized carbons (Fsp3) is 0.733. The highest BCUT2D eigenvalue weighted by Crippen LogP contribution is 2.42. The molecular formula is C15H23N5O4. The molecule has 1 aromatic rings. The van der Waals surface area contributed by atoms with E-state index >= 15 is 0 Å². The molecule has 2 atom stereocenters. The van der Waals surface area contributed by atoms with Crippen LogP contribution < -0.4 is 11.0 Å². The number of ether oxygens (including phenoxy) is 1. The van der Waals surface area contributed by atoms with E-state index in [1.165, 1.54) is 15.6 Å². The van der Waals surface area contributed by atoms with Gasteiger partial charge in [-0.25, -0.2) is 9.48 Å². The quantitative estimate of drug-likeness (QED) is 0.727. The van der Waals surface area contributed by atoms with Gasteiger partial charge in [-0.3, -0.25) is 14.2 Å². The molecule has 2 saturated heterocycles. The Hall–Kier alpha value is -2.16. The maximum Gasteiger partial charge on any atom is 0.345 e. The topological polar surface area (TPSA) is 98.5 Å². The molecule has 24 heavy (non-hydrogen) atoms. The number of fused-ring (bicyclic) bond motifs is 1. The number of hydrogen-bond acceptors (Lipinski definition) is 5. The first-order valence-corrected chi connectivity index (χ1v) is 8.14. The van der Waals surface area contributed by atoms with Crippen LogP contribution in [0, 0.1) is 11.3 Å². The van der Waals surface area contributed by atoms with Crippen LogP contribution in [0.25, 0.3) is 0 Å². The summed E-state index contributed by atoms with van der Waals surface area (Å²) >= 11 is 0. The molecule has 9 nitrogen and oxygen atoms in total. The van der Waals surface area contributed by atoms with Crippen molar-refractivity contribution in [1.82, 2.24) is 24.6 Å². The molecule has 9 heteroatoms. The van der Waals surface area contributed by atoms with Crippen LogP contribution in [-0.4, -0.2) is 64.4 Å². The fourth-order valence-electron chi connectivity index (χ4n) is 3.69. The lowest BCUT2D eigenvalue weighted by atomic mass is 9.73. The Morgan fingerprint density at radius 2 is 2.29 bits per heavy atom. The van der Waals surface area contributed by atoms with E-state index in [0.717, 1.165) is 0 Å². The second kappa shape index (κ2) is 6.39. The lowest BCUT2D eigenvalue weighted by Crippen LogP contribution is -2.49. The molecule has 0 saturated carbocycles. The van der Waals surface area contributed by atoms with Crippen molar-refractivity contribution in [2.75, 3.05) is 33.4 Å². The van der Waals surface area contributed by atoms with Crippen LogP contribution in [0.5, 0.6) is 0 Å². The number of likely N-dealkylation sites (tertiary alicyclic amines) is 1. The monoisotopic (exact) mass is 337 g/mol. The summed E-state index contributed by atoms with van der Waals surface area (Å²) in [6.07, 6.45) is 2.24. The molecule has 2 fully saturated rings. The number of carbonyl (C=O) groups excluding carboxylic acids is 2. The Bertz CT molecular complexity index is 696. The van der Waals surface area contributed by atoms with Gasteiger partial charge in [-0.15, -0.1) is 0 Å². The number of rotatable bonds is 4. The minimum atomic E-state index is -0.551. The summed E-state index contributed by atoms with van der Waals surface area (Å²) in [5.41, 5.74) is -0.794. The number of nitrogens with one attached hydrogen (secondary N) is 1. The molecule has 2 amide bonds. The molecule has 132 valence electrons. The highest BCUT2D eigenvalue weighted by atomic mass is 16.5. The molecule has 3 heterocycles. The van der Waals surface area contributed by atoms with Gasteiger partial charge in [0.2, 0.25) is 11.8 Å². The third-order valence-electron chi connectivity index (χ3n) is 5.16. The standard InChI is InChI=1S/C15H23N5O4/c1-16-13(22)15-4-6-24-8-11(15)7-19(9-15)12(21)3-5-20-14(23)18(2)10-17-20/h10-11H,3-9H2,1-2H3,(H,16,22)/t11-,15+/m1/s1. The molecule has 1 aromatic heterocycles. The van der Waals surface area contributed by atoms with E-state index in [-0.39, 0.29) is 36.4 Å². The van der Waals surface area contributed by atoms with Crippen molar-refractivity contribution in [2.45, 2.75) is 19.4 Å². The summed E-state index contributed by atoms with van der Waals surface area (Å²) in [5.74, 6) is -0.0648. The average Bonchev–Trinajstić information content (AvgIpc) is 3.14. The zero-order chi connectivity index (χ0) is 17.3. The van der Waals surface area contributed by atoms with Gasteiger partial charge in [-0.05, 0) is 6.42 Å². The minimum Gasteiger partial charge on any atom is -0.381 e. The Morgan fingerprint density at radius 3 is 2.96 bits per heavy atom. The van der Waals surface area contributed by atoms with Crippen LogP contribution in [-0.2, 0) is 27.9 Å². The van der Waals surface area contributed by atoms with Crippen LogP contribution in [0.4, 0.5) is 0 Å². The van der Waals surface area contributed by atoms with Crippen molar-refractivity contribution < 1.29 is 14.3 Å². The SMILES string of the molecule is CNC(=O)[C@]12CCOC[C@H]1CN(C(=O)CCn1ncn(C)c1=O)C2. The summed E-state index contributed by atoms with van der Waals surface area (Å²) in [7, 11) is 3.24. The second-order valence-corrected chi connectivity index (χ2v) is 6.53. The first-order chi connectivity index (χ1) is 11.5. The number of aromatic nitrogens is 3. The first-order valence-electron chi connectivity index (χ1n) is 8.14. The van der Waals surface area contributed by atoms with E-state index in [1.54, 1.807) is 19.0 Å². The zero-order valence-corrected chi connectivity index (χ0v) is 14.0. The molecule has 0 aromatic carbocycles. The van der Waals surface area contributed by atoms with Gasteiger partial charge in [0.1, 0.15) is 6.33 Å². The van der Waals surface area contributed by atoms with Gasteiger partial charge in [0.05, 0.1) is 18.6 Å². The fourth-order valence-corrected chi connectivity index (χ4v) is 3.69. The van der Waals surface area contributed by atoms with Crippen molar-refractivity contribution in [3.8, 4) is 0 Å². The second-order valence-electron chi connectivity index (χ2n) is 6.53. The van der Waals surface area contributed by atoms with E-state index < -0.39 is 5.41 Å². The van der Waals surface area contributed by atoms with Gasteiger partial charge in [-0.1, -0.05) is 0 Å². The number of aryl methyl sites for hydroxylation is 2. The lowest BCUT2D eigenvalue weighted by Gasteiger charge is -2.36. The highest BCUT2D eigenvalue weighted by Gasteiger charge is 2.54. The molecule has 0 bridgehead atoms. The van der Waals surface area contributed by atoms with Gasteiger partial charge >= 0.3 is 5.69 Å². The predicted molar refractivity (Wildman–Crippen MR) is 84.1 cm³/mol. The summed E-state index contributed by atoms with van der Waals surface area (Å²) < 4.78 is 8.15. The number of carbonyl (C=O) groups is 2. The molecule has 0 aliphatic carbocycles. The third kappa shape index (κ3) is 2.72. The summed E-state index contributed by atoms with van der Waals surface area (Å²) in [5, 5.41) is 6.69. The van der Waals surface area contributed by atoms with E-state index in [9.17, 15) is 14.4 Å². The summed E-state index contributed by atoms with van der Waals surface area (Å²) in [4.78, 5) is 38.4. The van der Waals surface area contributed by atoms with Crippen LogP contribution in [0.15, 0.2) is 11.1 Å². The number of nitrogens with zero attached hydrogens (tertiary/aromatic N) is 4. The molecule has 2 aliphatic rings. The van der Waals surface area contributed by atoms with Gasteiger partial charge in [0, 0.05) is 46.1 Å². The van der Waals surface area contributed by atoms with Crippen LogP contribution in [0.2, 0.25) is 0 Å². The van der Waals surface area contributed by atoms with Gasteiger partial charge < -0.3 is 15.0 Å². The Balaban J connectivity index is 1.67. The Morgan fingerprint density at radius 1 is 1.50 bits per heavy atom. The van der Waals surface area contributed by atoms with Crippen molar-refractivity contribution in [1.29, 1.82) is 0 Å². The van der Waals surface area contributed by atoms with Crippen molar-refractivity contribution >= 4 is 11.8 Å². The number of hydrogen-bond donors (Lipinski definition) is 1. The van der Waals surface area contributed by atoms with Crippen LogP contribution in [0.3, 0.4) is 0 Å². The highest BCUT2D eigenvalue weighted by molar-refractivity contribution is 5.85. The third-order valence-corrected chi connectivity index (χ3v) is 5.16. The van der Waals surface area contributed by atoms with Crippen molar-refractivity contribution in [2.24, 2.45) is 18.4 Å². The minimum absolute atomic E-state index is 0.0210. The molecule has 0 radical (unpaired) electrons. The molecule has 0 unspecified atom stereocenters. The van der Waals surface area contributed by atoms with E-state index in [1.807, 2.05) is 0 Å². The smallest absolute Gasteiger partial charge is 0.345 e. The van der Waals surface area contributed by atoms with E-state index in [2.05, 4.69) is 10.4 Å². The lowest BCUT2D eigenvalue weighted by molar-refractivity contribution is -0.139. The maximum absolute atomic E-state index is 12.5. The Labute approximate surface area is 139 Å². The normalized spacial score (nSPS) is 26.2. The van der Waals surface area contributed by atoms with Gasteiger partial charge in [-0.2, -0.15) is 5.10 Å². The van der Waals surface area contributed by atoms with E-state index in [4.69, 9.17) is 4.74 Å². The summed E-state index contributed by atoms with van der Waals surface area (Å²) in [6.45, 7) is 2.20. The van der Waals surface area contributed by atoms with Crippen LogP contribution >= 0.6 is 0 Å². The largest absolute Gasteiger partial charge is 0.381 e. The van der Waals surface area contributed by atoms with Crippen molar-refractivity contribution in [3.05, 3.63) is 16.8 Å². The van der Waals surface area contributed by atoms with Gasteiger partial charge in [0.25, 0.3) is 0 Å². The molecular weight excluding hydrogens is 314 g/mol. The average molecular weight is 337 g/mol. The van der Waals surface area contributed by atoms with E-state index in [0.29, 0.717) is 32.7 Å².